The van der Waals surface area contributed by atoms with Crippen LogP contribution in [0, 0.1) is 13.8 Å². The molecular formula is C18H16ClNO7S. The maximum Gasteiger partial charge on any atom is 0.508 e. The molecule has 0 spiro atoms. The van der Waals surface area contributed by atoms with Crippen molar-refractivity contribution in [1.82, 2.24) is 0 Å². The van der Waals surface area contributed by atoms with Gasteiger partial charge in [-0.1, -0.05) is 11.6 Å². The first-order valence-corrected chi connectivity index (χ1v) is 9.98. The molecule has 10 heteroatoms. The zero-order valence-corrected chi connectivity index (χ0v) is 16.4. The Hall–Kier alpha value is -2.62. The Labute approximate surface area is 165 Å². The van der Waals surface area contributed by atoms with E-state index >= 15 is 0 Å². The molecule has 2 aromatic rings. The van der Waals surface area contributed by atoms with Crippen LogP contribution in [0.1, 0.15) is 32.6 Å². The third-order valence-electron chi connectivity index (χ3n) is 4.53. The van der Waals surface area contributed by atoms with Gasteiger partial charge in [-0.2, -0.15) is 0 Å². The number of rotatable bonds is 4. The number of carbonyl (C=O) groups is 2. The number of carbonyl (C=O) groups excluding carboxylic acids is 1. The minimum Gasteiger partial charge on any atom is -0.454 e. The highest BCUT2D eigenvalue weighted by molar-refractivity contribution is 7.89. The van der Waals surface area contributed by atoms with Gasteiger partial charge in [0.1, 0.15) is 10.6 Å². The number of primary sulfonamides is 1. The fourth-order valence-corrected chi connectivity index (χ4v) is 4.13. The molecule has 0 fully saturated rings. The van der Waals surface area contributed by atoms with Crippen molar-refractivity contribution in [2.24, 2.45) is 5.14 Å². The molecule has 0 aliphatic carbocycles. The molecule has 3 rings (SSSR count). The van der Waals surface area contributed by atoms with Gasteiger partial charge in [0, 0.05) is 16.7 Å². The van der Waals surface area contributed by atoms with Crippen molar-refractivity contribution in [3.63, 3.8) is 0 Å². The number of fused-ring (bicyclic) bond motifs is 1. The average Bonchev–Trinajstić information content (AvgIpc) is 2.98. The zero-order valence-electron chi connectivity index (χ0n) is 14.9. The maximum absolute atomic E-state index is 13.0. The van der Waals surface area contributed by atoms with Crippen molar-refractivity contribution in [1.29, 1.82) is 0 Å². The van der Waals surface area contributed by atoms with Crippen LogP contribution in [0.25, 0.3) is 0 Å². The SMILES string of the molecule is Cc1c(C(=O)c2ccc(Cl)c(S(N)(=O)=O)c2)cc2c(c1C)OC(OC(=O)O)C2. The van der Waals surface area contributed by atoms with E-state index in [2.05, 4.69) is 4.74 Å². The van der Waals surface area contributed by atoms with Gasteiger partial charge in [-0.3, -0.25) is 4.79 Å². The Balaban J connectivity index is 2.03. The van der Waals surface area contributed by atoms with Crippen LogP contribution in [0.2, 0.25) is 5.02 Å². The van der Waals surface area contributed by atoms with E-state index in [0.717, 1.165) is 6.07 Å². The van der Waals surface area contributed by atoms with Gasteiger partial charge in [-0.15, -0.1) is 0 Å². The highest BCUT2D eigenvalue weighted by Crippen LogP contribution is 2.37. The maximum atomic E-state index is 13.0. The molecule has 28 heavy (non-hydrogen) atoms. The Morgan fingerprint density at radius 2 is 1.93 bits per heavy atom. The number of carboxylic acid groups (broad SMARTS) is 1. The summed E-state index contributed by atoms with van der Waals surface area (Å²) < 4.78 is 33.5. The van der Waals surface area contributed by atoms with E-state index in [1.54, 1.807) is 19.9 Å². The second-order valence-corrected chi connectivity index (χ2v) is 8.25. The second kappa shape index (κ2) is 7.08. The monoisotopic (exact) mass is 425 g/mol. The number of halogens is 1. The summed E-state index contributed by atoms with van der Waals surface area (Å²) >= 11 is 5.87. The first-order chi connectivity index (χ1) is 13.0. The number of nitrogens with two attached hydrogens (primary N) is 1. The summed E-state index contributed by atoms with van der Waals surface area (Å²) in [5.74, 6) is 0.0502. The van der Waals surface area contributed by atoms with Crippen LogP contribution in [-0.2, 0) is 21.2 Å². The van der Waals surface area contributed by atoms with Crippen LogP contribution in [-0.4, -0.2) is 31.8 Å². The van der Waals surface area contributed by atoms with Crippen LogP contribution < -0.4 is 9.88 Å². The van der Waals surface area contributed by atoms with Gasteiger partial charge in [0.2, 0.25) is 10.0 Å². The third kappa shape index (κ3) is 3.68. The predicted octanol–water partition coefficient (Wildman–Crippen LogP) is 2.79. The minimum atomic E-state index is -4.09. The van der Waals surface area contributed by atoms with Crippen molar-refractivity contribution in [3.8, 4) is 5.75 Å². The summed E-state index contributed by atoms with van der Waals surface area (Å²) in [6.07, 6.45) is -2.29. The van der Waals surface area contributed by atoms with Crippen LogP contribution in [0.4, 0.5) is 4.79 Å². The lowest BCUT2D eigenvalue weighted by molar-refractivity contribution is -0.0396. The molecule has 1 aliphatic heterocycles. The second-order valence-electron chi connectivity index (χ2n) is 6.32. The Morgan fingerprint density at radius 3 is 2.54 bits per heavy atom. The van der Waals surface area contributed by atoms with E-state index < -0.39 is 28.3 Å². The molecular weight excluding hydrogens is 410 g/mol. The lowest BCUT2D eigenvalue weighted by Gasteiger charge is -2.13. The topological polar surface area (TPSA) is 133 Å². The molecule has 0 saturated carbocycles. The molecule has 0 aromatic heterocycles. The number of ether oxygens (including phenoxy) is 2. The molecule has 1 heterocycles. The normalized spacial score (nSPS) is 15.6. The van der Waals surface area contributed by atoms with Crippen molar-refractivity contribution >= 4 is 33.6 Å². The minimum absolute atomic E-state index is 0.0806. The van der Waals surface area contributed by atoms with Crippen molar-refractivity contribution in [3.05, 3.63) is 57.1 Å². The lowest BCUT2D eigenvalue weighted by atomic mass is 9.92. The first-order valence-electron chi connectivity index (χ1n) is 8.05. The summed E-state index contributed by atoms with van der Waals surface area (Å²) in [7, 11) is -4.09. The number of benzene rings is 2. The molecule has 148 valence electrons. The summed E-state index contributed by atoms with van der Waals surface area (Å²) in [5.41, 5.74) is 2.34. The van der Waals surface area contributed by atoms with Gasteiger partial charge in [0.15, 0.2) is 5.78 Å². The van der Waals surface area contributed by atoms with Gasteiger partial charge < -0.3 is 14.6 Å². The molecule has 0 saturated heterocycles. The van der Waals surface area contributed by atoms with Gasteiger partial charge in [-0.25, -0.2) is 18.4 Å². The van der Waals surface area contributed by atoms with Gasteiger partial charge in [-0.05, 0) is 49.2 Å². The Bertz CT molecular complexity index is 1110. The number of ketones is 1. The smallest absolute Gasteiger partial charge is 0.454 e. The Morgan fingerprint density at radius 1 is 1.25 bits per heavy atom. The van der Waals surface area contributed by atoms with E-state index in [-0.39, 0.29) is 21.9 Å². The van der Waals surface area contributed by atoms with E-state index in [0.29, 0.717) is 28.0 Å². The molecule has 1 aliphatic rings. The van der Waals surface area contributed by atoms with E-state index in [1.807, 2.05) is 0 Å². The highest BCUT2D eigenvalue weighted by Gasteiger charge is 2.30. The van der Waals surface area contributed by atoms with Gasteiger partial charge in [0.25, 0.3) is 6.29 Å². The fourth-order valence-electron chi connectivity index (χ4n) is 3.06. The average molecular weight is 426 g/mol. The highest BCUT2D eigenvalue weighted by atomic mass is 35.5. The number of sulfonamides is 1. The summed E-state index contributed by atoms with van der Waals surface area (Å²) in [6.45, 7) is 3.46. The molecule has 0 radical (unpaired) electrons. The molecule has 2 aromatic carbocycles. The standard InChI is InChI=1S/C18H16ClNO7S/c1-8-9(2)17-11(7-15(26-17)27-18(22)23)5-12(8)16(21)10-3-4-13(19)14(6-10)28(20,24)25/h3-6,15H,7H2,1-2H3,(H,22,23)(H2,20,24,25). The van der Waals surface area contributed by atoms with Gasteiger partial charge >= 0.3 is 6.16 Å². The van der Waals surface area contributed by atoms with E-state index in [1.165, 1.54) is 12.1 Å². The van der Waals surface area contributed by atoms with E-state index in [4.69, 9.17) is 26.6 Å². The summed E-state index contributed by atoms with van der Waals surface area (Å²) in [4.78, 5) is 23.4. The van der Waals surface area contributed by atoms with Gasteiger partial charge in [0.05, 0.1) is 11.4 Å². The fraction of sp³-hybridized carbons (Fsp3) is 0.222. The van der Waals surface area contributed by atoms with Crippen molar-refractivity contribution in [2.75, 3.05) is 0 Å². The van der Waals surface area contributed by atoms with Crippen molar-refractivity contribution in [2.45, 2.75) is 31.5 Å². The Kier molecular flexibility index (Phi) is 5.09. The molecule has 0 amide bonds. The van der Waals surface area contributed by atoms with Crippen LogP contribution in [0.5, 0.6) is 5.75 Å². The molecule has 8 nitrogen and oxygen atoms in total. The molecule has 0 bridgehead atoms. The number of hydrogen-bond acceptors (Lipinski definition) is 6. The van der Waals surface area contributed by atoms with Crippen LogP contribution >= 0.6 is 11.6 Å². The molecule has 1 atom stereocenters. The third-order valence-corrected chi connectivity index (χ3v) is 5.92. The summed E-state index contributed by atoms with van der Waals surface area (Å²) in [5, 5.41) is 13.8. The van der Waals surface area contributed by atoms with Crippen molar-refractivity contribution < 1.29 is 32.6 Å². The van der Waals surface area contributed by atoms with E-state index in [9.17, 15) is 18.0 Å². The first kappa shape index (κ1) is 20.1. The largest absolute Gasteiger partial charge is 0.508 e. The lowest BCUT2D eigenvalue weighted by Crippen LogP contribution is -2.20. The zero-order chi connectivity index (χ0) is 20.8. The summed E-state index contributed by atoms with van der Waals surface area (Å²) in [6, 6.07) is 5.43. The molecule has 3 N–H and O–H groups in total. The van der Waals surface area contributed by atoms with Crippen LogP contribution in [0.3, 0.4) is 0 Å². The molecule has 1 unspecified atom stereocenters. The number of hydrogen-bond donors (Lipinski definition) is 2. The van der Waals surface area contributed by atoms with Crippen LogP contribution in [0.15, 0.2) is 29.2 Å². The predicted molar refractivity (Wildman–Crippen MR) is 99.4 cm³/mol. The quantitative estimate of drug-likeness (QED) is 0.568.